The summed E-state index contributed by atoms with van der Waals surface area (Å²) >= 11 is 0. The van der Waals surface area contributed by atoms with Gasteiger partial charge in [0.15, 0.2) is 0 Å². The lowest BCUT2D eigenvalue weighted by Crippen LogP contribution is -2.28. The van der Waals surface area contributed by atoms with Gasteiger partial charge < -0.3 is 10.4 Å². The fraction of sp³-hybridized carbons (Fsp3) is 0.538. The summed E-state index contributed by atoms with van der Waals surface area (Å²) in [5.41, 5.74) is 2.58. The Kier molecular flexibility index (Phi) is 4.79. The molecule has 2 atom stereocenters. The zero-order valence-corrected chi connectivity index (χ0v) is 9.83. The van der Waals surface area contributed by atoms with Crippen LogP contribution in [0.1, 0.15) is 37.4 Å². The molecular formula is C13H21NO. The highest BCUT2D eigenvalue weighted by Gasteiger charge is 2.08. The fourth-order valence-electron chi connectivity index (χ4n) is 1.61. The van der Waals surface area contributed by atoms with Gasteiger partial charge in [-0.1, -0.05) is 36.8 Å². The number of rotatable bonds is 5. The molecule has 1 aromatic carbocycles. The first kappa shape index (κ1) is 12.2. The van der Waals surface area contributed by atoms with Gasteiger partial charge in [-0.25, -0.2) is 0 Å². The van der Waals surface area contributed by atoms with Crippen molar-refractivity contribution in [3.8, 4) is 0 Å². The van der Waals surface area contributed by atoms with E-state index in [2.05, 4.69) is 43.4 Å². The minimum atomic E-state index is -0.288. The Hall–Kier alpha value is -0.860. The SMILES string of the molecule is CCC(NC[C@@H](C)O)c1ccc(C)cc1. The molecule has 0 aliphatic rings. The Morgan fingerprint density at radius 1 is 1.27 bits per heavy atom. The molecule has 0 heterocycles. The van der Waals surface area contributed by atoms with E-state index in [0.29, 0.717) is 12.6 Å². The summed E-state index contributed by atoms with van der Waals surface area (Å²) < 4.78 is 0. The van der Waals surface area contributed by atoms with Crippen LogP contribution >= 0.6 is 0 Å². The molecule has 2 heteroatoms. The monoisotopic (exact) mass is 207 g/mol. The van der Waals surface area contributed by atoms with Crippen molar-refractivity contribution in [3.05, 3.63) is 35.4 Å². The lowest BCUT2D eigenvalue weighted by Gasteiger charge is -2.18. The van der Waals surface area contributed by atoms with Crippen molar-refractivity contribution in [2.45, 2.75) is 39.3 Å². The third-order valence-electron chi connectivity index (χ3n) is 2.55. The minimum Gasteiger partial charge on any atom is -0.392 e. The van der Waals surface area contributed by atoms with E-state index in [9.17, 15) is 5.11 Å². The van der Waals surface area contributed by atoms with Crippen LogP contribution in [0, 0.1) is 6.92 Å². The van der Waals surface area contributed by atoms with Crippen molar-refractivity contribution in [2.24, 2.45) is 0 Å². The average molecular weight is 207 g/mol. The maximum absolute atomic E-state index is 9.23. The predicted octanol–water partition coefficient (Wildman–Crippen LogP) is 2.42. The molecule has 0 spiro atoms. The first-order chi connectivity index (χ1) is 7.13. The summed E-state index contributed by atoms with van der Waals surface area (Å²) in [5, 5.41) is 12.6. The molecule has 0 aliphatic heterocycles. The van der Waals surface area contributed by atoms with E-state index >= 15 is 0 Å². The van der Waals surface area contributed by atoms with E-state index in [1.165, 1.54) is 11.1 Å². The third kappa shape index (κ3) is 4.02. The highest BCUT2D eigenvalue weighted by atomic mass is 16.3. The molecule has 0 saturated carbocycles. The number of aliphatic hydroxyl groups excluding tert-OH is 1. The van der Waals surface area contributed by atoms with Gasteiger partial charge in [0, 0.05) is 12.6 Å². The Balaban J connectivity index is 2.61. The van der Waals surface area contributed by atoms with Crippen LogP contribution in [-0.2, 0) is 0 Å². The Bertz CT molecular complexity index is 279. The fourth-order valence-corrected chi connectivity index (χ4v) is 1.61. The molecule has 0 amide bonds. The Labute approximate surface area is 92.3 Å². The minimum absolute atomic E-state index is 0.288. The highest BCUT2D eigenvalue weighted by molar-refractivity contribution is 5.24. The Morgan fingerprint density at radius 2 is 1.87 bits per heavy atom. The zero-order chi connectivity index (χ0) is 11.3. The van der Waals surface area contributed by atoms with E-state index in [1.807, 2.05) is 0 Å². The second-order valence-electron chi connectivity index (χ2n) is 4.13. The van der Waals surface area contributed by atoms with E-state index in [0.717, 1.165) is 6.42 Å². The topological polar surface area (TPSA) is 32.3 Å². The summed E-state index contributed by atoms with van der Waals surface area (Å²) in [5.74, 6) is 0. The van der Waals surface area contributed by atoms with Crippen LogP contribution in [0.3, 0.4) is 0 Å². The largest absolute Gasteiger partial charge is 0.392 e. The summed E-state index contributed by atoms with van der Waals surface area (Å²) in [6.45, 7) is 6.69. The van der Waals surface area contributed by atoms with Crippen LogP contribution in [0.2, 0.25) is 0 Å². The van der Waals surface area contributed by atoms with Crippen LogP contribution in [-0.4, -0.2) is 17.8 Å². The first-order valence-electron chi connectivity index (χ1n) is 5.61. The number of aryl methyl sites for hydroxylation is 1. The molecule has 15 heavy (non-hydrogen) atoms. The lowest BCUT2D eigenvalue weighted by molar-refractivity contribution is 0.185. The van der Waals surface area contributed by atoms with Crippen LogP contribution in [0.5, 0.6) is 0 Å². The van der Waals surface area contributed by atoms with E-state index < -0.39 is 0 Å². The second-order valence-corrected chi connectivity index (χ2v) is 4.13. The molecule has 0 bridgehead atoms. The first-order valence-corrected chi connectivity index (χ1v) is 5.61. The predicted molar refractivity (Wildman–Crippen MR) is 63.9 cm³/mol. The van der Waals surface area contributed by atoms with Crippen LogP contribution in [0.25, 0.3) is 0 Å². The molecule has 0 saturated heterocycles. The average Bonchev–Trinajstić information content (AvgIpc) is 2.21. The molecule has 1 rings (SSSR count). The molecule has 0 fully saturated rings. The Morgan fingerprint density at radius 3 is 2.33 bits per heavy atom. The van der Waals surface area contributed by atoms with Gasteiger partial charge in [-0.15, -0.1) is 0 Å². The van der Waals surface area contributed by atoms with Crippen LogP contribution in [0.4, 0.5) is 0 Å². The second kappa shape index (κ2) is 5.89. The number of benzene rings is 1. The van der Waals surface area contributed by atoms with E-state index in [-0.39, 0.29) is 6.10 Å². The third-order valence-corrected chi connectivity index (χ3v) is 2.55. The van der Waals surface area contributed by atoms with Crippen molar-refractivity contribution in [2.75, 3.05) is 6.54 Å². The van der Waals surface area contributed by atoms with E-state index in [4.69, 9.17) is 0 Å². The van der Waals surface area contributed by atoms with Crippen LogP contribution < -0.4 is 5.32 Å². The summed E-state index contributed by atoms with van der Waals surface area (Å²) in [6, 6.07) is 8.90. The van der Waals surface area contributed by atoms with Gasteiger partial charge in [-0.3, -0.25) is 0 Å². The quantitative estimate of drug-likeness (QED) is 0.777. The summed E-state index contributed by atoms with van der Waals surface area (Å²) in [4.78, 5) is 0. The number of aliphatic hydroxyl groups is 1. The maximum Gasteiger partial charge on any atom is 0.0636 e. The van der Waals surface area contributed by atoms with Gasteiger partial charge in [-0.2, -0.15) is 0 Å². The van der Waals surface area contributed by atoms with Gasteiger partial charge in [0.2, 0.25) is 0 Å². The number of nitrogens with one attached hydrogen (secondary N) is 1. The van der Waals surface area contributed by atoms with Crippen molar-refractivity contribution < 1.29 is 5.11 Å². The molecule has 84 valence electrons. The van der Waals surface area contributed by atoms with Gasteiger partial charge in [0.25, 0.3) is 0 Å². The normalized spacial score (nSPS) is 14.9. The molecule has 1 unspecified atom stereocenters. The molecule has 0 aliphatic carbocycles. The maximum atomic E-state index is 9.23. The van der Waals surface area contributed by atoms with Crippen molar-refractivity contribution in [3.63, 3.8) is 0 Å². The number of hydrogen-bond donors (Lipinski definition) is 2. The number of hydrogen-bond acceptors (Lipinski definition) is 2. The lowest BCUT2D eigenvalue weighted by atomic mass is 10.0. The van der Waals surface area contributed by atoms with Gasteiger partial charge >= 0.3 is 0 Å². The molecule has 0 radical (unpaired) electrons. The smallest absolute Gasteiger partial charge is 0.0636 e. The van der Waals surface area contributed by atoms with E-state index in [1.54, 1.807) is 6.92 Å². The molecule has 2 N–H and O–H groups in total. The van der Waals surface area contributed by atoms with Crippen molar-refractivity contribution in [1.29, 1.82) is 0 Å². The molecule has 1 aromatic rings. The standard InChI is InChI=1S/C13H21NO/c1-4-13(14-9-11(3)15)12-7-5-10(2)6-8-12/h5-8,11,13-15H,4,9H2,1-3H3/t11-,13?/m1/s1. The summed E-state index contributed by atoms with van der Waals surface area (Å²) in [7, 11) is 0. The van der Waals surface area contributed by atoms with Gasteiger partial charge in [-0.05, 0) is 25.8 Å². The van der Waals surface area contributed by atoms with Crippen molar-refractivity contribution >= 4 is 0 Å². The van der Waals surface area contributed by atoms with Gasteiger partial charge in [0.1, 0.15) is 0 Å². The van der Waals surface area contributed by atoms with Crippen molar-refractivity contribution in [1.82, 2.24) is 5.32 Å². The molecule has 2 nitrogen and oxygen atoms in total. The molecular weight excluding hydrogens is 186 g/mol. The highest BCUT2D eigenvalue weighted by Crippen LogP contribution is 2.16. The summed E-state index contributed by atoms with van der Waals surface area (Å²) in [6.07, 6.45) is 0.750. The zero-order valence-electron chi connectivity index (χ0n) is 9.83. The van der Waals surface area contributed by atoms with Gasteiger partial charge in [0.05, 0.1) is 6.10 Å². The van der Waals surface area contributed by atoms with Crippen LogP contribution in [0.15, 0.2) is 24.3 Å². The molecule has 0 aromatic heterocycles.